The summed E-state index contributed by atoms with van der Waals surface area (Å²) in [4.78, 5) is 22.8. The van der Waals surface area contributed by atoms with Crippen LogP contribution in [0, 0.1) is 0 Å². The molecule has 1 unspecified atom stereocenters. The predicted octanol–water partition coefficient (Wildman–Crippen LogP) is 4.91. The molecule has 0 amide bonds. The highest BCUT2D eigenvalue weighted by Gasteiger charge is 2.19. The van der Waals surface area contributed by atoms with Crippen molar-refractivity contribution in [3.8, 4) is 5.69 Å². The summed E-state index contributed by atoms with van der Waals surface area (Å²) in [6, 6.07) is 16.7. The van der Waals surface area contributed by atoms with Crippen molar-refractivity contribution >= 4 is 45.9 Å². The molecule has 0 aliphatic rings. The van der Waals surface area contributed by atoms with E-state index in [0.29, 0.717) is 16.2 Å². The summed E-state index contributed by atoms with van der Waals surface area (Å²) in [6.45, 7) is 1.98. The van der Waals surface area contributed by atoms with Crippen molar-refractivity contribution in [3.05, 3.63) is 81.9 Å². The van der Waals surface area contributed by atoms with Crippen LogP contribution in [0.25, 0.3) is 16.5 Å². The molecule has 152 valence electrons. The average molecular weight is 438 g/mol. The Hall–Kier alpha value is -3.03. The Labute approximate surface area is 183 Å². The maximum atomic E-state index is 13.5. The minimum Gasteiger partial charge on any atom is -0.368 e. The second kappa shape index (κ2) is 8.38. The van der Waals surface area contributed by atoms with Gasteiger partial charge >= 0.3 is 0 Å². The Kier molecular flexibility index (Phi) is 5.65. The van der Waals surface area contributed by atoms with E-state index in [1.54, 1.807) is 16.8 Å². The highest BCUT2D eigenvalue weighted by Crippen LogP contribution is 2.29. The van der Waals surface area contributed by atoms with Crippen LogP contribution in [-0.2, 0) is 0 Å². The number of nitrogen functional groups attached to an aromatic ring is 1. The third kappa shape index (κ3) is 3.74. The van der Waals surface area contributed by atoms with Gasteiger partial charge in [-0.2, -0.15) is 4.98 Å². The smallest absolute Gasteiger partial charge is 0.264 e. The van der Waals surface area contributed by atoms with Crippen LogP contribution in [0.1, 0.15) is 18.7 Å². The van der Waals surface area contributed by atoms with Gasteiger partial charge in [-0.3, -0.25) is 9.36 Å². The third-order valence-corrected chi connectivity index (χ3v) is 5.88. The molecular weight excluding hydrogens is 418 g/mol. The number of nitrogens with zero attached hydrogens (tertiary/aromatic N) is 3. The quantitative estimate of drug-likeness (QED) is 0.431. The molecule has 0 aliphatic heterocycles. The Balaban J connectivity index is 1.92. The van der Waals surface area contributed by atoms with Gasteiger partial charge in [-0.25, -0.2) is 4.98 Å². The zero-order chi connectivity index (χ0) is 21.3. The van der Waals surface area contributed by atoms with Gasteiger partial charge in [0.05, 0.1) is 21.3 Å². The fourth-order valence-corrected chi connectivity index (χ4v) is 4.14. The molecule has 0 saturated carbocycles. The molecular formula is C22H20ClN5OS. The molecule has 0 aliphatic carbocycles. The van der Waals surface area contributed by atoms with Crippen LogP contribution in [0.2, 0.25) is 5.02 Å². The Morgan fingerprint density at radius 2 is 1.93 bits per heavy atom. The first-order valence-electron chi connectivity index (χ1n) is 9.32. The van der Waals surface area contributed by atoms with Crippen LogP contribution in [0.15, 0.2) is 70.5 Å². The summed E-state index contributed by atoms with van der Waals surface area (Å²) in [7, 11) is 0. The Bertz CT molecular complexity index is 1280. The lowest BCUT2D eigenvalue weighted by Crippen LogP contribution is -2.26. The fourth-order valence-electron chi connectivity index (χ4n) is 3.42. The van der Waals surface area contributed by atoms with Gasteiger partial charge in [0.15, 0.2) is 0 Å². The number of pyridine rings is 1. The number of fused-ring (bicyclic) bond motifs is 1. The van der Waals surface area contributed by atoms with Crippen LogP contribution < -0.4 is 16.6 Å². The second-order valence-corrected chi connectivity index (χ2v) is 8.02. The van der Waals surface area contributed by atoms with Gasteiger partial charge in [0.1, 0.15) is 5.82 Å². The molecule has 0 radical (unpaired) electrons. The number of hydrogen-bond acceptors (Lipinski definition) is 6. The minimum absolute atomic E-state index is 0.166. The lowest BCUT2D eigenvalue weighted by atomic mass is 10.1. The van der Waals surface area contributed by atoms with E-state index in [1.807, 2.05) is 61.7 Å². The molecule has 1 atom stereocenters. The van der Waals surface area contributed by atoms with Crippen molar-refractivity contribution in [2.24, 2.45) is 0 Å². The molecule has 0 bridgehead atoms. The monoisotopic (exact) mass is 437 g/mol. The molecule has 0 spiro atoms. The molecule has 0 fully saturated rings. The summed E-state index contributed by atoms with van der Waals surface area (Å²) in [6.07, 6.45) is 3.63. The predicted molar refractivity (Wildman–Crippen MR) is 125 cm³/mol. The molecule has 3 N–H and O–H groups in total. The number of aromatic nitrogens is 3. The van der Waals surface area contributed by atoms with Gasteiger partial charge in [0.25, 0.3) is 5.56 Å². The van der Waals surface area contributed by atoms with Gasteiger partial charge in [-0.1, -0.05) is 41.9 Å². The number of hydrogen-bond donors (Lipinski definition) is 2. The molecule has 30 heavy (non-hydrogen) atoms. The number of rotatable bonds is 5. The van der Waals surface area contributed by atoms with Crippen LogP contribution in [0.5, 0.6) is 0 Å². The first kappa shape index (κ1) is 20.3. The molecule has 4 rings (SSSR count). The SMILES string of the molecule is CSc1cnc(N)nc1NC(C)c1cc2cccc(Cl)c2c(=O)n1-c1ccccc1. The molecule has 8 heteroatoms. The zero-order valence-corrected chi connectivity index (χ0v) is 18.0. The van der Waals surface area contributed by atoms with E-state index < -0.39 is 0 Å². The van der Waals surface area contributed by atoms with Crippen LogP contribution >= 0.6 is 23.4 Å². The fraction of sp³-hybridized carbons (Fsp3) is 0.136. The van der Waals surface area contributed by atoms with Crippen molar-refractivity contribution < 1.29 is 0 Å². The second-order valence-electron chi connectivity index (χ2n) is 6.76. The summed E-state index contributed by atoms with van der Waals surface area (Å²) in [5, 5.41) is 5.11. The van der Waals surface area contributed by atoms with E-state index in [1.165, 1.54) is 11.8 Å². The van der Waals surface area contributed by atoms with Crippen LogP contribution in [-0.4, -0.2) is 20.8 Å². The largest absolute Gasteiger partial charge is 0.368 e. The van der Waals surface area contributed by atoms with E-state index in [4.69, 9.17) is 17.3 Å². The first-order valence-corrected chi connectivity index (χ1v) is 10.9. The number of halogens is 1. The van der Waals surface area contributed by atoms with Crippen molar-refractivity contribution in [1.29, 1.82) is 0 Å². The van der Waals surface area contributed by atoms with Gasteiger partial charge in [0, 0.05) is 17.6 Å². The van der Waals surface area contributed by atoms with Crippen molar-refractivity contribution in [2.75, 3.05) is 17.3 Å². The summed E-state index contributed by atoms with van der Waals surface area (Å²) in [5.74, 6) is 0.814. The molecule has 2 aromatic heterocycles. The van der Waals surface area contributed by atoms with Gasteiger partial charge in [0.2, 0.25) is 5.95 Å². The first-order chi connectivity index (χ1) is 14.5. The molecule has 2 aromatic carbocycles. The maximum absolute atomic E-state index is 13.5. The number of nitrogens with two attached hydrogens (primary N) is 1. The number of thioether (sulfide) groups is 1. The molecule has 2 heterocycles. The summed E-state index contributed by atoms with van der Waals surface area (Å²) in [5.41, 5.74) is 7.17. The molecule has 4 aromatic rings. The summed E-state index contributed by atoms with van der Waals surface area (Å²) >= 11 is 7.90. The maximum Gasteiger partial charge on any atom is 0.264 e. The van der Waals surface area contributed by atoms with E-state index in [-0.39, 0.29) is 17.5 Å². The summed E-state index contributed by atoms with van der Waals surface area (Å²) < 4.78 is 1.69. The number of para-hydroxylation sites is 1. The standard InChI is InChI=1S/C22H20ClN5OS/c1-13(26-20-18(30-2)12-25-22(24)27-20)17-11-14-7-6-10-16(23)19(14)21(29)28(17)15-8-4-3-5-9-15/h3-13H,1-2H3,(H3,24,25,26,27). The Morgan fingerprint density at radius 1 is 1.17 bits per heavy atom. The van der Waals surface area contributed by atoms with E-state index in [0.717, 1.165) is 21.7 Å². The number of benzene rings is 2. The Morgan fingerprint density at radius 3 is 2.67 bits per heavy atom. The lowest BCUT2D eigenvalue weighted by molar-refractivity contribution is 0.769. The van der Waals surface area contributed by atoms with Gasteiger partial charge < -0.3 is 11.1 Å². The topological polar surface area (TPSA) is 85.8 Å². The van der Waals surface area contributed by atoms with Crippen molar-refractivity contribution in [2.45, 2.75) is 17.9 Å². The van der Waals surface area contributed by atoms with Crippen LogP contribution in [0.3, 0.4) is 0 Å². The average Bonchev–Trinajstić information content (AvgIpc) is 2.74. The van der Waals surface area contributed by atoms with Gasteiger partial charge in [-0.05, 0) is 42.8 Å². The van der Waals surface area contributed by atoms with E-state index in [9.17, 15) is 4.79 Å². The zero-order valence-electron chi connectivity index (χ0n) is 16.5. The number of nitrogens with one attached hydrogen (secondary N) is 1. The normalized spacial score (nSPS) is 12.1. The third-order valence-electron chi connectivity index (χ3n) is 4.83. The van der Waals surface area contributed by atoms with E-state index >= 15 is 0 Å². The number of anilines is 2. The lowest BCUT2D eigenvalue weighted by Gasteiger charge is -2.22. The molecule has 0 saturated heterocycles. The van der Waals surface area contributed by atoms with Crippen molar-refractivity contribution in [3.63, 3.8) is 0 Å². The van der Waals surface area contributed by atoms with Crippen LogP contribution in [0.4, 0.5) is 11.8 Å². The minimum atomic E-state index is -0.249. The highest BCUT2D eigenvalue weighted by atomic mass is 35.5. The highest BCUT2D eigenvalue weighted by molar-refractivity contribution is 7.98. The molecule has 6 nitrogen and oxygen atoms in total. The van der Waals surface area contributed by atoms with Gasteiger partial charge in [-0.15, -0.1) is 11.8 Å². The van der Waals surface area contributed by atoms with Crippen molar-refractivity contribution in [1.82, 2.24) is 14.5 Å². The van der Waals surface area contributed by atoms with E-state index in [2.05, 4.69) is 15.3 Å².